The van der Waals surface area contributed by atoms with Crippen molar-refractivity contribution in [1.82, 2.24) is 5.43 Å². The molecule has 2 aromatic carbocycles. The summed E-state index contributed by atoms with van der Waals surface area (Å²) in [4.78, 5) is 36.4. The van der Waals surface area contributed by atoms with Crippen LogP contribution in [0, 0.1) is 0 Å². The molecule has 3 amide bonds. The van der Waals surface area contributed by atoms with Gasteiger partial charge in [-0.1, -0.05) is 0 Å². The first-order valence-corrected chi connectivity index (χ1v) is 7.86. The lowest BCUT2D eigenvalue weighted by Crippen LogP contribution is -2.29. The molecule has 27 heavy (non-hydrogen) atoms. The molecular weight excluding hydrogens is 350 g/mol. The molecule has 0 spiro atoms. The zero-order valence-corrected chi connectivity index (χ0v) is 14.2. The van der Waals surface area contributed by atoms with Crippen LogP contribution in [0.2, 0.25) is 0 Å². The first kappa shape index (κ1) is 17.9. The van der Waals surface area contributed by atoms with E-state index in [9.17, 15) is 19.5 Å². The Hall–Kier alpha value is -3.94. The quantitative estimate of drug-likeness (QED) is 0.475. The molecule has 0 bridgehead atoms. The highest BCUT2D eigenvalue weighted by Crippen LogP contribution is 2.22. The normalized spacial score (nSPS) is 13.4. The van der Waals surface area contributed by atoms with Gasteiger partial charge in [0.2, 0.25) is 0 Å². The van der Waals surface area contributed by atoms with E-state index in [-0.39, 0.29) is 5.75 Å². The molecule has 136 valence electrons. The Kier molecular flexibility index (Phi) is 4.98. The highest BCUT2D eigenvalue weighted by atomic mass is 16.5. The number of phenolic OH excluding ortho intramolecular Hbond substituents is 1. The molecule has 3 rings (SSSR count). The molecule has 0 saturated heterocycles. The largest absolute Gasteiger partial charge is 0.507 e. The van der Waals surface area contributed by atoms with E-state index in [2.05, 4.69) is 10.5 Å². The second kappa shape index (κ2) is 7.52. The number of imide groups is 1. The molecule has 0 atom stereocenters. The number of benzene rings is 2. The summed E-state index contributed by atoms with van der Waals surface area (Å²) in [5.41, 5.74) is 3.41. The van der Waals surface area contributed by atoms with Gasteiger partial charge in [-0.05, 0) is 36.4 Å². The van der Waals surface area contributed by atoms with Gasteiger partial charge in [0.1, 0.15) is 11.5 Å². The lowest BCUT2D eigenvalue weighted by Gasteiger charge is -2.13. The first-order valence-electron chi connectivity index (χ1n) is 7.86. The van der Waals surface area contributed by atoms with Crippen molar-refractivity contribution in [2.75, 3.05) is 12.0 Å². The van der Waals surface area contributed by atoms with Gasteiger partial charge in [-0.2, -0.15) is 5.10 Å². The number of hydrazone groups is 1. The average molecular weight is 365 g/mol. The number of methoxy groups -OCH3 is 1. The Bertz CT molecular complexity index is 946. The standard InChI is InChI=1S/C19H15N3O5/c1-27-15-7-4-13(16(23)10-15)11-20-21-19(26)12-2-5-14(6-3-12)22-17(24)8-9-18(22)25/h2-11,23H,1H3,(H,21,26). The average Bonchev–Trinajstić information content (AvgIpc) is 3.01. The molecule has 1 aliphatic heterocycles. The lowest BCUT2D eigenvalue weighted by molar-refractivity contribution is -0.119. The van der Waals surface area contributed by atoms with Crippen LogP contribution in [0.4, 0.5) is 5.69 Å². The minimum Gasteiger partial charge on any atom is -0.507 e. The van der Waals surface area contributed by atoms with E-state index < -0.39 is 17.7 Å². The van der Waals surface area contributed by atoms with E-state index in [0.29, 0.717) is 22.6 Å². The van der Waals surface area contributed by atoms with Crippen LogP contribution >= 0.6 is 0 Å². The number of carbonyl (C=O) groups is 3. The van der Waals surface area contributed by atoms with Gasteiger partial charge in [0.25, 0.3) is 17.7 Å². The number of anilines is 1. The summed E-state index contributed by atoms with van der Waals surface area (Å²) in [5.74, 6) is -0.880. The Morgan fingerprint density at radius 1 is 1.11 bits per heavy atom. The summed E-state index contributed by atoms with van der Waals surface area (Å²) in [7, 11) is 1.49. The van der Waals surface area contributed by atoms with Crippen molar-refractivity contribution in [1.29, 1.82) is 0 Å². The van der Waals surface area contributed by atoms with Gasteiger partial charge in [-0.25, -0.2) is 10.3 Å². The molecule has 1 heterocycles. The molecule has 8 heteroatoms. The molecule has 1 aliphatic rings. The minimum absolute atomic E-state index is 0.0368. The van der Waals surface area contributed by atoms with Crippen molar-refractivity contribution in [2.45, 2.75) is 0 Å². The Morgan fingerprint density at radius 2 is 1.78 bits per heavy atom. The SMILES string of the molecule is COc1ccc(C=NNC(=O)c2ccc(N3C(=O)C=CC3=O)cc2)c(O)c1. The fraction of sp³-hybridized carbons (Fsp3) is 0.0526. The zero-order chi connectivity index (χ0) is 19.4. The van der Waals surface area contributed by atoms with Gasteiger partial charge >= 0.3 is 0 Å². The van der Waals surface area contributed by atoms with Crippen LogP contribution in [0.25, 0.3) is 0 Å². The van der Waals surface area contributed by atoms with Crippen LogP contribution < -0.4 is 15.1 Å². The van der Waals surface area contributed by atoms with Crippen molar-refractivity contribution in [3.05, 3.63) is 65.7 Å². The molecule has 0 saturated carbocycles. The van der Waals surface area contributed by atoms with Gasteiger partial charge < -0.3 is 9.84 Å². The fourth-order valence-electron chi connectivity index (χ4n) is 2.40. The van der Waals surface area contributed by atoms with Gasteiger partial charge in [-0.15, -0.1) is 0 Å². The second-order valence-electron chi connectivity index (χ2n) is 5.52. The van der Waals surface area contributed by atoms with E-state index in [1.165, 1.54) is 55.8 Å². The van der Waals surface area contributed by atoms with Gasteiger partial charge in [0.05, 0.1) is 19.0 Å². The van der Waals surface area contributed by atoms with E-state index >= 15 is 0 Å². The number of carbonyl (C=O) groups excluding carboxylic acids is 3. The number of nitrogens with one attached hydrogen (secondary N) is 1. The third kappa shape index (κ3) is 3.84. The number of hydrogen-bond acceptors (Lipinski definition) is 6. The molecule has 2 N–H and O–H groups in total. The molecule has 0 unspecified atom stereocenters. The Balaban J connectivity index is 1.65. The first-order chi connectivity index (χ1) is 13.0. The van der Waals surface area contributed by atoms with Crippen molar-refractivity contribution in [3.8, 4) is 11.5 Å². The Morgan fingerprint density at radius 3 is 2.37 bits per heavy atom. The maximum atomic E-state index is 12.1. The summed E-state index contributed by atoms with van der Waals surface area (Å²) in [6.07, 6.45) is 3.67. The smallest absolute Gasteiger partial charge is 0.271 e. The van der Waals surface area contributed by atoms with Crippen LogP contribution in [0.15, 0.2) is 59.7 Å². The molecule has 0 radical (unpaired) electrons. The summed E-state index contributed by atoms with van der Waals surface area (Å²) in [6, 6.07) is 10.6. The van der Waals surface area contributed by atoms with Gasteiger partial charge in [-0.3, -0.25) is 14.4 Å². The van der Waals surface area contributed by atoms with Crippen LogP contribution in [0.3, 0.4) is 0 Å². The van der Waals surface area contributed by atoms with E-state index in [4.69, 9.17) is 4.74 Å². The molecule has 2 aromatic rings. The highest BCUT2D eigenvalue weighted by Gasteiger charge is 2.25. The number of aromatic hydroxyl groups is 1. The molecule has 0 aromatic heterocycles. The molecular formula is C19H15N3O5. The molecule has 0 fully saturated rings. The Labute approximate surface area is 154 Å². The predicted octanol–water partition coefficient (Wildman–Crippen LogP) is 1.59. The number of nitrogens with zero attached hydrogens (tertiary/aromatic N) is 2. The minimum atomic E-state index is -0.483. The third-order valence-corrected chi connectivity index (χ3v) is 3.80. The van der Waals surface area contributed by atoms with Crippen molar-refractivity contribution < 1.29 is 24.2 Å². The topological polar surface area (TPSA) is 108 Å². The fourth-order valence-corrected chi connectivity index (χ4v) is 2.40. The van der Waals surface area contributed by atoms with Crippen LogP contribution in [-0.2, 0) is 9.59 Å². The van der Waals surface area contributed by atoms with Gasteiger partial charge in [0.15, 0.2) is 0 Å². The highest BCUT2D eigenvalue weighted by molar-refractivity contribution is 6.28. The van der Waals surface area contributed by atoms with Crippen molar-refractivity contribution in [2.24, 2.45) is 5.10 Å². The van der Waals surface area contributed by atoms with E-state index in [1.807, 2.05) is 0 Å². The predicted molar refractivity (Wildman–Crippen MR) is 97.8 cm³/mol. The molecule has 0 aliphatic carbocycles. The lowest BCUT2D eigenvalue weighted by atomic mass is 10.2. The van der Waals surface area contributed by atoms with Crippen molar-refractivity contribution >= 4 is 29.6 Å². The van der Waals surface area contributed by atoms with E-state index in [1.54, 1.807) is 12.1 Å². The van der Waals surface area contributed by atoms with Crippen LogP contribution in [0.5, 0.6) is 11.5 Å². The number of amides is 3. The summed E-state index contributed by atoms with van der Waals surface area (Å²) in [5, 5.41) is 13.6. The van der Waals surface area contributed by atoms with Crippen LogP contribution in [-0.4, -0.2) is 36.2 Å². The maximum absolute atomic E-state index is 12.1. The number of rotatable bonds is 5. The number of phenols is 1. The monoisotopic (exact) mass is 365 g/mol. The van der Waals surface area contributed by atoms with E-state index in [0.717, 1.165) is 4.90 Å². The number of ether oxygens (including phenoxy) is 1. The maximum Gasteiger partial charge on any atom is 0.271 e. The number of hydrogen-bond donors (Lipinski definition) is 2. The zero-order valence-electron chi connectivity index (χ0n) is 14.2. The third-order valence-electron chi connectivity index (χ3n) is 3.80. The van der Waals surface area contributed by atoms with Crippen LogP contribution in [0.1, 0.15) is 15.9 Å². The summed E-state index contributed by atoms with van der Waals surface area (Å²) in [6.45, 7) is 0. The summed E-state index contributed by atoms with van der Waals surface area (Å²) < 4.78 is 4.99. The van der Waals surface area contributed by atoms with Gasteiger partial charge in [0, 0.05) is 29.3 Å². The summed E-state index contributed by atoms with van der Waals surface area (Å²) >= 11 is 0. The second-order valence-corrected chi connectivity index (χ2v) is 5.52. The van der Waals surface area contributed by atoms with Crippen molar-refractivity contribution in [3.63, 3.8) is 0 Å². The molecule has 8 nitrogen and oxygen atoms in total.